The number of aromatic carboxylic acids is 1. The first-order valence-corrected chi connectivity index (χ1v) is 7.19. The third-order valence-corrected chi connectivity index (χ3v) is 4.15. The van der Waals surface area contributed by atoms with Crippen LogP contribution in [-0.2, 0) is 13.0 Å². The summed E-state index contributed by atoms with van der Waals surface area (Å²) in [7, 11) is 0. The fourth-order valence-electron chi connectivity index (χ4n) is 1.82. The van der Waals surface area contributed by atoms with E-state index < -0.39 is 5.97 Å². The van der Waals surface area contributed by atoms with Crippen molar-refractivity contribution in [3.63, 3.8) is 0 Å². The molecule has 2 aromatic rings. The summed E-state index contributed by atoms with van der Waals surface area (Å²) in [6.45, 7) is 2.85. The molecule has 0 fully saturated rings. The molecule has 0 bridgehead atoms. The van der Waals surface area contributed by atoms with Crippen molar-refractivity contribution in [2.75, 3.05) is 5.32 Å². The highest BCUT2D eigenvalue weighted by Gasteiger charge is 2.09. The van der Waals surface area contributed by atoms with E-state index >= 15 is 0 Å². The summed E-state index contributed by atoms with van der Waals surface area (Å²) in [6.07, 6.45) is 1.01. The number of carbonyl (C=O) groups is 1. The Morgan fingerprint density at radius 2 is 2.21 bits per heavy atom. The van der Waals surface area contributed by atoms with Gasteiger partial charge >= 0.3 is 5.97 Å². The average molecular weight is 296 g/mol. The van der Waals surface area contributed by atoms with Gasteiger partial charge in [-0.15, -0.1) is 11.3 Å². The molecule has 3 nitrogen and oxygen atoms in total. The second-order valence-electron chi connectivity index (χ2n) is 4.08. The van der Waals surface area contributed by atoms with E-state index in [1.807, 2.05) is 0 Å². The summed E-state index contributed by atoms with van der Waals surface area (Å²) in [5.74, 6) is -1.01. The lowest BCUT2D eigenvalue weighted by molar-refractivity contribution is 0.0697. The number of aryl methyl sites for hydroxylation is 1. The van der Waals surface area contributed by atoms with Crippen LogP contribution in [0.3, 0.4) is 0 Å². The standard InChI is InChI=1S/C14H14ClNO2S/c1-2-9-5-6-19-13(9)8-16-10-3-4-11(14(17)18)12(15)7-10/h3-7,16H,2,8H2,1H3,(H,17,18). The van der Waals surface area contributed by atoms with Crippen molar-refractivity contribution in [3.8, 4) is 0 Å². The first kappa shape index (κ1) is 13.9. The minimum Gasteiger partial charge on any atom is -0.478 e. The van der Waals surface area contributed by atoms with Crippen molar-refractivity contribution < 1.29 is 9.90 Å². The van der Waals surface area contributed by atoms with Crippen LogP contribution in [0.15, 0.2) is 29.6 Å². The van der Waals surface area contributed by atoms with Crippen LogP contribution < -0.4 is 5.32 Å². The maximum absolute atomic E-state index is 10.9. The van der Waals surface area contributed by atoms with Gasteiger partial charge in [-0.3, -0.25) is 0 Å². The van der Waals surface area contributed by atoms with Gasteiger partial charge in [-0.25, -0.2) is 4.79 Å². The van der Waals surface area contributed by atoms with Gasteiger partial charge in [0.1, 0.15) is 0 Å². The molecular weight excluding hydrogens is 282 g/mol. The summed E-state index contributed by atoms with van der Waals surface area (Å²) in [5, 5.41) is 14.5. The highest BCUT2D eigenvalue weighted by molar-refractivity contribution is 7.10. The zero-order valence-electron chi connectivity index (χ0n) is 10.4. The number of benzene rings is 1. The van der Waals surface area contributed by atoms with Crippen LogP contribution in [0.5, 0.6) is 0 Å². The highest BCUT2D eigenvalue weighted by Crippen LogP contribution is 2.23. The Bertz CT molecular complexity index is 595. The van der Waals surface area contributed by atoms with E-state index in [4.69, 9.17) is 16.7 Å². The molecule has 0 saturated heterocycles. The molecule has 0 aliphatic carbocycles. The lowest BCUT2D eigenvalue weighted by atomic mass is 10.2. The predicted octanol–water partition coefficient (Wildman–Crippen LogP) is 4.27. The molecule has 0 saturated carbocycles. The highest BCUT2D eigenvalue weighted by atomic mass is 35.5. The van der Waals surface area contributed by atoms with Gasteiger partial charge in [0, 0.05) is 17.1 Å². The zero-order chi connectivity index (χ0) is 13.8. The van der Waals surface area contributed by atoms with Crippen LogP contribution in [-0.4, -0.2) is 11.1 Å². The molecular formula is C14H14ClNO2S. The lowest BCUT2D eigenvalue weighted by Gasteiger charge is -2.08. The van der Waals surface area contributed by atoms with Crippen molar-refractivity contribution in [1.82, 2.24) is 0 Å². The van der Waals surface area contributed by atoms with E-state index in [1.54, 1.807) is 23.5 Å². The quantitative estimate of drug-likeness (QED) is 0.866. The molecule has 1 aromatic heterocycles. The number of nitrogens with one attached hydrogen (secondary N) is 1. The Morgan fingerprint density at radius 1 is 1.42 bits per heavy atom. The molecule has 0 spiro atoms. The fourth-order valence-corrected chi connectivity index (χ4v) is 3.00. The number of anilines is 1. The smallest absolute Gasteiger partial charge is 0.337 e. The molecule has 1 aromatic carbocycles. The molecule has 0 aliphatic rings. The maximum atomic E-state index is 10.9. The van der Waals surface area contributed by atoms with Crippen molar-refractivity contribution >= 4 is 34.6 Å². The van der Waals surface area contributed by atoms with E-state index in [-0.39, 0.29) is 10.6 Å². The third kappa shape index (κ3) is 3.28. The van der Waals surface area contributed by atoms with Gasteiger partial charge in [-0.2, -0.15) is 0 Å². The van der Waals surface area contributed by atoms with E-state index in [1.165, 1.54) is 16.5 Å². The van der Waals surface area contributed by atoms with Crippen LogP contribution >= 0.6 is 22.9 Å². The molecule has 5 heteroatoms. The first-order valence-electron chi connectivity index (χ1n) is 5.93. The molecule has 0 amide bonds. The Kier molecular flexibility index (Phi) is 4.45. The summed E-state index contributed by atoms with van der Waals surface area (Å²) in [4.78, 5) is 12.2. The largest absolute Gasteiger partial charge is 0.478 e. The fraction of sp³-hybridized carbons (Fsp3) is 0.214. The third-order valence-electron chi connectivity index (χ3n) is 2.87. The summed E-state index contributed by atoms with van der Waals surface area (Å²) in [5.41, 5.74) is 2.29. The first-order chi connectivity index (χ1) is 9.11. The number of rotatable bonds is 5. The SMILES string of the molecule is CCc1ccsc1CNc1ccc(C(=O)O)c(Cl)c1. The number of carboxylic acid groups (broad SMARTS) is 1. The Balaban J connectivity index is 2.08. The van der Waals surface area contributed by atoms with Gasteiger partial charge < -0.3 is 10.4 Å². The Hall–Kier alpha value is -1.52. The van der Waals surface area contributed by atoms with E-state index in [0.717, 1.165) is 18.7 Å². The molecule has 0 aliphatic heterocycles. The lowest BCUT2D eigenvalue weighted by Crippen LogP contribution is -2.02. The van der Waals surface area contributed by atoms with Gasteiger partial charge in [-0.1, -0.05) is 18.5 Å². The molecule has 0 atom stereocenters. The molecule has 2 N–H and O–H groups in total. The number of carboxylic acids is 1. The molecule has 100 valence electrons. The monoisotopic (exact) mass is 295 g/mol. The minimum absolute atomic E-state index is 0.123. The zero-order valence-corrected chi connectivity index (χ0v) is 12.0. The van der Waals surface area contributed by atoms with Gasteiger partial charge in [0.2, 0.25) is 0 Å². The van der Waals surface area contributed by atoms with Crippen LogP contribution in [0.2, 0.25) is 5.02 Å². The van der Waals surface area contributed by atoms with Gasteiger partial charge in [0.25, 0.3) is 0 Å². The number of thiophene rings is 1. The second kappa shape index (κ2) is 6.08. The van der Waals surface area contributed by atoms with Crippen molar-refractivity contribution in [1.29, 1.82) is 0 Å². The minimum atomic E-state index is -1.01. The normalized spacial score (nSPS) is 10.4. The molecule has 2 rings (SSSR count). The van der Waals surface area contributed by atoms with Crippen LogP contribution in [0, 0.1) is 0 Å². The van der Waals surface area contributed by atoms with Crippen LogP contribution in [0.4, 0.5) is 5.69 Å². The second-order valence-corrected chi connectivity index (χ2v) is 5.48. The number of halogens is 1. The Morgan fingerprint density at radius 3 is 2.84 bits per heavy atom. The number of hydrogen-bond acceptors (Lipinski definition) is 3. The van der Waals surface area contributed by atoms with Gasteiger partial charge in [0.05, 0.1) is 10.6 Å². The van der Waals surface area contributed by atoms with Gasteiger partial charge in [-0.05, 0) is 41.6 Å². The van der Waals surface area contributed by atoms with Gasteiger partial charge in [0.15, 0.2) is 0 Å². The number of hydrogen-bond donors (Lipinski definition) is 2. The van der Waals surface area contributed by atoms with E-state index in [9.17, 15) is 4.79 Å². The Labute approximate surface area is 120 Å². The molecule has 0 unspecified atom stereocenters. The van der Waals surface area contributed by atoms with Crippen molar-refractivity contribution in [2.24, 2.45) is 0 Å². The van der Waals surface area contributed by atoms with Crippen molar-refractivity contribution in [2.45, 2.75) is 19.9 Å². The molecule has 19 heavy (non-hydrogen) atoms. The summed E-state index contributed by atoms with van der Waals surface area (Å²) >= 11 is 7.64. The maximum Gasteiger partial charge on any atom is 0.337 e. The predicted molar refractivity (Wildman–Crippen MR) is 79.4 cm³/mol. The molecule has 1 heterocycles. The van der Waals surface area contributed by atoms with Crippen LogP contribution in [0.25, 0.3) is 0 Å². The topological polar surface area (TPSA) is 49.3 Å². The summed E-state index contributed by atoms with van der Waals surface area (Å²) < 4.78 is 0. The summed E-state index contributed by atoms with van der Waals surface area (Å²) in [6, 6.07) is 7.02. The van der Waals surface area contributed by atoms with Crippen LogP contribution in [0.1, 0.15) is 27.7 Å². The van der Waals surface area contributed by atoms with Crippen molar-refractivity contribution in [3.05, 3.63) is 50.7 Å². The average Bonchev–Trinajstić information content (AvgIpc) is 2.83. The van der Waals surface area contributed by atoms with E-state index in [0.29, 0.717) is 0 Å². The molecule has 0 radical (unpaired) electrons. The van der Waals surface area contributed by atoms with E-state index in [2.05, 4.69) is 23.7 Å².